The van der Waals surface area contributed by atoms with Crippen molar-refractivity contribution in [3.05, 3.63) is 81.7 Å². The van der Waals surface area contributed by atoms with E-state index in [1.54, 1.807) is 24.3 Å². The lowest BCUT2D eigenvalue weighted by atomic mass is 10.1. The van der Waals surface area contributed by atoms with Crippen LogP contribution in [0.1, 0.15) is 38.3 Å². The van der Waals surface area contributed by atoms with Crippen LogP contribution in [0.2, 0.25) is 0 Å². The quantitative estimate of drug-likeness (QED) is 0.234. The number of aryl methyl sites for hydroxylation is 1. The Balaban J connectivity index is 1.30. The molecule has 0 unspecified atom stereocenters. The molecule has 2 aromatic carbocycles. The van der Waals surface area contributed by atoms with Crippen LogP contribution in [0.5, 0.6) is 5.75 Å². The molecule has 1 aliphatic rings. The number of thiophene rings is 1. The van der Waals surface area contributed by atoms with E-state index >= 15 is 0 Å². The lowest BCUT2D eigenvalue weighted by molar-refractivity contribution is -0.136. The second-order valence-corrected chi connectivity index (χ2v) is 8.65. The average molecular weight is 478 g/mol. The van der Waals surface area contributed by atoms with Crippen LogP contribution in [-0.4, -0.2) is 31.1 Å². The van der Waals surface area contributed by atoms with Gasteiger partial charge in [0.15, 0.2) is 0 Å². The first-order valence-electron chi connectivity index (χ1n) is 10.7. The molecule has 0 atom stereocenters. The highest BCUT2D eigenvalue weighted by Crippen LogP contribution is 2.39. The SMILES string of the molecule is COC(=O)c1c(NC(=O)C(=O)N/N=C/c2ccc(OCc3ccccc3)cc2)sc2c1CCC2. The zero-order valence-corrected chi connectivity index (χ0v) is 19.3. The molecule has 0 bridgehead atoms. The first-order chi connectivity index (χ1) is 16.5. The number of anilines is 1. The van der Waals surface area contributed by atoms with Gasteiger partial charge in [-0.15, -0.1) is 11.3 Å². The Bertz CT molecular complexity index is 1220. The maximum atomic E-state index is 12.3. The molecule has 1 heterocycles. The summed E-state index contributed by atoms with van der Waals surface area (Å²) in [6.45, 7) is 0.463. The van der Waals surface area contributed by atoms with Crippen molar-refractivity contribution in [3.8, 4) is 5.75 Å². The molecule has 174 valence electrons. The van der Waals surface area contributed by atoms with Crippen LogP contribution in [0.25, 0.3) is 0 Å². The highest BCUT2D eigenvalue weighted by atomic mass is 32.1. The standard InChI is InChI=1S/C25H23N3O5S/c1-32-25(31)21-19-8-5-9-20(19)34-24(21)27-22(29)23(30)28-26-14-16-10-12-18(13-11-16)33-15-17-6-3-2-4-7-17/h2-4,6-7,10-14H,5,8-9,15H2,1H3,(H,27,29)(H,28,30)/b26-14+. The summed E-state index contributed by atoms with van der Waals surface area (Å²) in [5, 5.41) is 6.68. The van der Waals surface area contributed by atoms with Crippen LogP contribution in [0.3, 0.4) is 0 Å². The normalized spacial score (nSPS) is 12.3. The molecule has 34 heavy (non-hydrogen) atoms. The van der Waals surface area contributed by atoms with Crippen LogP contribution < -0.4 is 15.5 Å². The van der Waals surface area contributed by atoms with Crippen LogP contribution in [-0.2, 0) is 33.8 Å². The molecular weight excluding hydrogens is 454 g/mol. The molecule has 1 aliphatic carbocycles. The van der Waals surface area contributed by atoms with Crippen molar-refractivity contribution < 1.29 is 23.9 Å². The van der Waals surface area contributed by atoms with E-state index in [1.165, 1.54) is 24.7 Å². The maximum absolute atomic E-state index is 12.3. The topological polar surface area (TPSA) is 106 Å². The van der Waals surface area contributed by atoms with E-state index in [0.717, 1.165) is 40.8 Å². The van der Waals surface area contributed by atoms with Crippen molar-refractivity contribution >= 4 is 40.3 Å². The van der Waals surface area contributed by atoms with E-state index in [9.17, 15) is 14.4 Å². The summed E-state index contributed by atoms with van der Waals surface area (Å²) in [4.78, 5) is 37.7. The summed E-state index contributed by atoms with van der Waals surface area (Å²) in [6, 6.07) is 17.0. The van der Waals surface area contributed by atoms with Crippen molar-refractivity contribution in [1.82, 2.24) is 5.43 Å². The molecule has 0 fully saturated rings. The number of hydrogen-bond donors (Lipinski definition) is 2. The van der Waals surface area contributed by atoms with Crippen molar-refractivity contribution in [3.63, 3.8) is 0 Å². The number of methoxy groups -OCH3 is 1. The van der Waals surface area contributed by atoms with E-state index in [0.29, 0.717) is 22.9 Å². The van der Waals surface area contributed by atoms with Gasteiger partial charge in [-0.1, -0.05) is 30.3 Å². The molecule has 9 heteroatoms. The predicted molar refractivity (Wildman–Crippen MR) is 129 cm³/mol. The van der Waals surface area contributed by atoms with Gasteiger partial charge in [0.05, 0.1) is 18.9 Å². The summed E-state index contributed by atoms with van der Waals surface area (Å²) >= 11 is 1.30. The fourth-order valence-corrected chi connectivity index (χ4v) is 4.85. The molecule has 2 amide bonds. The van der Waals surface area contributed by atoms with Crippen molar-refractivity contribution in [1.29, 1.82) is 0 Å². The average Bonchev–Trinajstić information content (AvgIpc) is 3.44. The molecule has 0 saturated heterocycles. The summed E-state index contributed by atoms with van der Waals surface area (Å²) in [5.74, 6) is -1.67. The molecular formula is C25H23N3O5S. The molecule has 8 nitrogen and oxygen atoms in total. The number of ether oxygens (including phenoxy) is 2. The van der Waals surface area contributed by atoms with Crippen LogP contribution in [0.15, 0.2) is 59.7 Å². The zero-order chi connectivity index (χ0) is 23.9. The van der Waals surface area contributed by atoms with Crippen molar-refractivity contribution in [2.24, 2.45) is 5.10 Å². The van der Waals surface area contributed by atoms with Gasteiger partial charge in [-0.3, -0.25) is 9.59 Å². The molecule has 1 aromatic heterocycles. The Morgan fingerprint density at radius 1 is 1.03 bits per heavy atom. The Morgan fingerprint density at radius 3 is 2.53 bits per heavy atom. The predicted octanol–water partition coefficient (Wildman–Crippen LogP) is 3.69. The van der Waals surface area contributed by atoms with Crippen molar-refractivity contribution in [2.75, 3.05) is 12.4 Å². The number of hydrogen-bond acceptors (Lipinski definition) is 7. The minimum Gasteiger partial charge on any atom is -0.489 e. The van der Waals surface area contributed by atoms with E-state index < -0.39 is 17.8 Å². The second kappa shape index (κ2) is 10.8. The van der Waals surface area contributed by atoms with Crippen LogP contribution >= 0.6 is 11.3 Å². The third-order valence-corrected chi connectivity index (χ3v) is 6.46. The highest BCUT2D eigenvalue weighted by Gasteiger charge is 2.29. The summed E-state index contributed by atoms with van der Waals surface area (Å²) in [6.07, 6.45) is 3.96. The summed E-state index contributed by atoms with van der Waals surface area (Å²) < 4.78 is 10.6. The number of nitrogens with one attached hydrogen (secondary N) is 2. The van der Waals surface area contributed by atoms with E-state index in [4.69, 9.17) is 9.47 Å². The lowest BCUT2D eigenvalue weighted by Gasteiger charge is -2.06. The van der Waals surface area contributed by atoms with Gasteiger partial charge in [0.25, 0.3) is 0 Å². The van der Waals surface area contributed by atoms with Gasteiger partial charge >= 0.3 is 17.8 Å². The minimum absolute atomic E-state index is 0.326. The van der Waals surface area contributed by atoms with Crippen molar-refractivity contribution in [2.45, 2.75) is 25.9 Å². The number of rotatable bonds is 7. The molecule has 0 saturated carbocycles. The van der Waals surface area contributed by atoms with Gasteiger partial charge in [0.1, 0.15) is 17.4 Å². The Kier molecular flexibility index (Phi) is 7.34. The molecule has 4 rings (SSSR count). The number of carbonyl (C=O) groups is 3. The van der Waals surface area contributed by atoms with Gasteiger partial charge in [-0.2, -0.15) is 5.10 Å². The fraction of sp³-hybridized carbons (Fsp3) is 0.200. The van der Waals surface area contributed by atoms with Gasteiger partial charge in [0, 0.05) is 4.88 Å². The summed E-state index contributed by atoms with van der Waals surface area (Å²) in [5.41, 5.74) is 5.21. The maximum Gasteiger partial charge on any atom is 0.341 e. The minimum atomic E-state index is -0.941. The number of hydrazone groups is 1. The zero-order valence-electron chi connectivity index (χ0n) is 18.5. The molecule has 0 aliphatic heterocycles. The second-order valence-electron chi connectivity index (χ2n) is 7.55. The fourth-order valence-electron chi connectivity index (χ4n) is 3.58. The molecule has 3 aromatic rings. The number of nitrogens with zero attached hydrogens (tertiary/aromatic N) is 1. The van der Waals surface area contributed by atoms with E-state index in [1.807, 2.05) is 30.3 Å². The molecule has 0 spiro atoms. The Morgan fingerprint density at radius 2 is 1.79 bits per heavy atom. The molecule has 2 N–H and O–H groups in total. The Hall–Kier alpha value is -3.98. The van der Waals surface area contributed by atoms with Gasteiger partial charge in [0.2, 0.25) is 0 Å². The largest absolute Gasteiger partial charge is 0.489 e. The summed E-state index contributed by atoms with van der Waals surface area (Å²) in [7, 11) is 1.29. The van der Waals surface area contributed by atoms with Gasteiger partial charge in [-0.25, -0.2) is 10.2 Å². The van der Waals surface area contributed by atoms with E-state index in [-0.39, 0.29) is 0 Å². The highest BCUT2D eigenvalue weighted by molar-refractivity contribution is 7.17. The van der Waals surface area contributed by atoms with Crippen LogP contribution in [0, 0.1) is 0 Å². The number of benzene rings is 2. The smallest absolute Gasteiger partial charge is 0.341 e. The monoisotopic (exact) mass is 477 g/mol. The van der Waals surface area contributed by atoms with Crippen LogP contribution in [0.4, 0.5) is 5.00 Å². The van der Waals surface area contributed by atoms with Gasteiger partial charge < -0.3 is 14.8 Å². The lowest BCUT2D eigenvalue weighted by Crippen LogP contribution is -2.32. The third-order valence-electron chi connectivity index (χ3n) is 5.25. The van der Waals surface area contributed by atoms with Gasteiger partial charge in [-0.05, 0) is 60.2 Å². The number of fused-ring (bicyclic) bond motifs is 1. The first-order valence-corrected chi connectivity index (χ1v) is 11.5. The number of amides is 2. The van der Waals surface area contributed by atoms with E-state index in [2.05, 4.69) is 15.8 Å². The third kappa shape index (κ3) is 5.49. The first kappa shape index (κ1) is 23.2. The number of esters is 1. The molecule has 0 radical (unpaired) electrons. The Labute approximate surface area is 200 Å². The number of carbonyl (C=O) groups excluding carboxylic acids is 3.